The molecule has 2 aromatic heterocycles. The number of fused-ring (bicyclic) bond motifs is 2. The summed E-state index contributed by atoms with van der Waals surface area (Å²) in [6.45, 7) is 2.28. The lowest BCUT2D eigenvalue weighted by Gasteiger charge is -2.22. The molecule has 0 aliphatic rings. The van der Waals surface area contributed by atoms with Crippen LogP contribution in [0.1, 0.15) is 33.1 Å². The Balaban J connectivity index is 1.56. The number of pyridine rings is 1. The molecule has 0 aliphatic heterocycles. The zero-order valence-corrected chi connectivity index (χ0v) is 20.0. The number of carbonyl (C=O) groups excluding carboxylic acids is 1. The number of methoxy groups -OCH3 is 2. The molecule has 1 amide bonds. The van der Waals surface area contributed by atoms with Crippen molar-refractivity contribution in [2.45, 2.75) is 12.8 Å². The van der Waals surface area contributed by atoms with Gasteiger partial charge < -0.3 is 19.8 Å². The van der Waals surface area contributed by atoms with Crippen LogP contribution in [0.3, 0.4) is 0 Å². The fourth-order valence-electron chi connectivity index (χ4n) is 4.74. The van der Waals surface area contributed by atoms with Crippen LogP contribution in [-0.2, 0) is 0 Å². The number of para-hydroxylation sites is 3. The number of H-pyrrole nitrogens is 1. The van der Waals surface area contributed by atoms with Gasteiger partial charge >= 0.3 is 0 Å². The summed E-state index contributed by atoms with van der Waals surface area (Å²) in [7, 11) is 3.26. The van der Waals surface area contributed by atoms with Gasteiger partial charge in [-0.3, -0.25) is 9.78 Å². The Labute approximate surface area is 203 Å². The summed E-state index contributed by atoms with van der Waals surface area (Å²) in [4.78, 5) is 21.4. The van der Waals surface area contributed by atoms with Gasteiger partial charge in [0.2, 0.25) is 0 Å². The molecule has 6 nitrogen and oxygen atoms in total. The second kappa shape index (κ2) is 9.50. The molecule has 0 saturated heterocycles. The van der Waals surface area contributed by atoms with Crippen molar-refractivity contribution in [1.82, 2.24) is 15.3 Å². The summed E-state index contributed by atoms with van der Waals surface area (Å²) in [5, 5.41) is 5.11. The van der Waals surface area contributed by atoms with E-state index in [1.54, 1.807) is 14.2 Å². The summed E-state index contributed by atoms with van der Waals surface area (Å²) < 4.78 is 11.3. The molecule has 5 rings (SSSR count). The average Bonchev–Trinajstić information content (AvgIpc) is 3.32. The number of hydrogen-bond donors (Lipinski definition) is 2. The monoisotopic (exact) mass is 465 g/mol. The van der Waals surface area contributed by atoms with Gasteiger partial charge in [-0.1, -0.05) is 48.5 Å². The van der Waals surface area contributed by atoms with Gasteiger partial charge in [0.1, 0.15) is 0 Å². The van der Waals surface area contributed by atoms with Gasteiger partial charge in [-0.15, -0.1) is 0 Å². The zero-order chi connectivity index (χ0) is 24.4. The van der Waals surface area contributed by atoms with Crippen molar-refractivity contribution in [3.8, 4) is 11.5 Å². The third-order valence-corrected chi connectivity index (χ3v) is 6.36. The maximum atomic E-state index is 13.5. The Kier molecular flexibility index (Phi) is 6.10. The molecule has 0 aliphatic carbocycles. The highest BCUT2D eigenvalue weighted by Crippen LogP contribution is 2.40. The summed E-state index contributed by atoms with van der Waals surface area (Å²) in [6, 6.07) is 23.5. The van der Waals surface area contributed by atoms with Crippen LogP contribution in [0.4, 0.5) is 0 Å². The third kappa shape index (κ3) is 4.19. The maximum Gasteiger partial charge on any atom is 0.252 e. The normalized spacial score (nSPS) is 12.0. The van der Waals surface area contributed by atoms with E-state index < -0.39 is 0 Å². The minimum atomic E-state index is -0.172. The zero-order valence-electron chi connectivity index (χ0n) is 20.0. The Morgan fingerprint density at radius 2 is 1.71 bits per heavy atom. The molecule has 0 saturated carbocycles. The number of rotatable bonds is 7. The highest BCUT2D eigenvalue weighted by Gasteiger charge is 2.25. The first kappa shape index (κ1) is 22.5. The number of nitrogens with one attached hydrogen (secondary N) is 2. The van der Waals surface area contributed by atoms with E-state index in [1.165, 1.54) is 0 Å². The molecule has 35 heavy (non-hydrogen) atoms. The molecule has 6 heteroatoms. The van der Waals surface area contributed by atoms with E-state index in [2.05, 4.69) is 21.4 Å². The van der Waals surface area contributed by atoms with E-state index in [0.29, 0.717) is 23.6 Å². The van der Waals surface area contributed by atoms with Crippen LogP contribution >= 0.6 is 0 Å². The topological polar surface area (TPSA) is 76.2 Å². The number of hydrogen-bond acceptors (Lipinski definition) is 4. The number of aryl methyl sites for hydroxylation is 1. The predicted octanol–water partition coefficient (Wildman–Crippen LogP) is 5.60. The lowest BCUT2D eigenvalue weighted by molar-refractivity contribution is 0.0954. The van der Waals surface area contributed by atoms with Gasteiger partial charge in [-0.2, -0.15) is 0 Å². The van der Waals surface area contributed by atoms with Crippen LogP contribution in [-0.4, -0.2) is 36.6 Å². The van der Waals surface area contributed by atoms with Crippen LogP contribution < -0.4 is 14.8 Å². The van der Waals surface area contributed by atoms with Crippen LogP contribution in [0.25, 0.3) is 21.8 Å². The van der Waals surface area contributed by atoms with Crippen molar-refractivity contribution < 1.29 is 14.3 Å². The second-order valence-corrected chi connectivity index (χ2v) is 8.46. The van der Waals surface area contributed by atoms with Crippen molar-refractivity contribution in [3.63, 3.8) is 0 Å². The second-order valence-electron chi connectivity index (χ2n) is 8.46. The van der Waals surface area contributed by atoms with Crippen LogP contribution in [0.15, 0.2) is 79.0 Å². The molecule has 2 N–H and O–H groups in total. The molecule has 0 bridgehead atoms. The number of nitrogens with zero attached hydrogens (tertiary/aromatic N) is 1. The van der Waals surface area contributed by atoms with Gasteiger partial charge in [0, 0.05) is 46.2 Å². The number of aromatic amines is 1. The summed E-state index contributed by atoms with van der Waals surface area (Å²) >= 11 is 0. The number of benzene rings is 3. The first-order valence-corrected chi connectivity index (χ1v) is 11.5. The van der Waals surface area contributed by atoms with Crippen LogP contribution in [0, 0.1) is 6.92 Å². The Morgan fingerprint density at radius 1 is 0.943 bits per heavy atom. The molecule has 1 unspecified atom stereocenters. The van der Waals surface area contributed by atoms with E-state index in [-0.39, 0.29) is 11.8 Å². The summed E-state index contributed by atoms with van der Waals surface area (Å²) in [5.74, 6) is 0.995. The molecule has 3 aromatic carbocycles. The Hall–Kier alpha value is -4.32. The lowest BCUT2D eigenvalue weighted by Crippen LogP contribution is -2.29. The minimum absolute atomic E-state index is 0.140. The fraction of sp³-hybridized carbons (Fsp3) is 0.172. The van der Waals surface area contributed by atoms with Crippen molar-refractivity contribution in [3.05, 3.63) is 101 Å². The largest absolute Gasteiger partial charge is 0.493 e. The quantitative estimate of drug-likeness (QED) is 0.328. The number of ether oxygens (including phenoxy) is 2. The molecular weight excluding hydrogens is 438 g/mol. The van der Waals surface area contributed by atoms with Crippen molar-refractivity contribution in [1.29, 1.82) is 0 Å². The predicted molar refractivity (Wildman–Crippen MR) is 139 cm³/mol. The summed E-state index contributed by atoms with van der Waals surface area (Å²) in [5.41, 5.74) is 5.27. The minimum Gasteiger partial charge on any atom is -0.493 e. The van der Waals surface area contributed by atoms with E-state index in [0.717, 1.165) is 38.6 Å². The van der Waals surface area contributed by atoms with Crippen molar-refractivity contribution in [2.75, 3.05) is 20.8 Å². The van der Waals surface area contributed by atoms with Crippen LogP contribution in [0.2, 0.25) is 0 Å². The molecule has 0 radical (unpaired) electrons. The van der Waals surface area contributed by atoms with Gasteiger partial charge in [0.15, 0.2) is 11.5 Å². The first-order valence-electron chi connectivity index (χ1n) is 11.5. The number of aromatic nitrogens is 2. The first-order chi connectivity index (χ1) is 17.1. The average molecular weight is 466 g/mol. The highest BCUT2D eigenvalue weighted by atomic mass is 16.5. The van der Waals surface area contributed by atoms with E-state index in [9.17, 15) is 4.79 Å². The standard InChI is InChI=1S/C29H27N3O3/c1-18-15-22(19-9-5-7-13-26(19)32-18)29(33)31-17-24(21-11-8-14-27(34-2)28(21)35-3)23-16-30-25-12-6-4-10-20(23)25/h4-16,24,30H,17H2,1-3H3,(H,31,33). The smallest absolute Gasteiger partial charge is 0.252 e. The molecule has 176 valence electrons. The Bertz CT molecular complexity index is 1520. The van der Waals surface area contributed by atoms with Gasteiger partial charge in [-0.25, -0.2) is 0 Å². The lowest BCUT2D eigenvalue weighted by atomic mass is 9.89. The molecule has 0 fully saturated rings. The SMILES string of the molecule is COc1cccc(C(CNC(=O)c2cc(C)nc3ccccc23)c2c[nH]c3ccccc23)c1OC. The molecular formula is C29H27N3O3. The van der Waals surface area contributed by atoms with Gasteiger partial charge in [0.25, 0.3) is 5.91 Å². The van der Waals surface area contributed by atoms with Crippen molar-refractivity contribution >= 4 is 27.7 Å². The van der Waals surface area contributed by atoms with Gasteiger partial charge in [0.05, 0.1) is 25.3 Å². The summed E-state index contributed by atoms with van der Waals surface area (Å²) in [6.07, 6.45) is 2.01. The van der Waals surface area contributed by atoms with E-state index >= 15 is 0 Å². The fourth-order valence-corrected chi connectivity index (χ4v) is 4.74. The molecule has 5 aromatic rings. The van der Waals surface area contributed by atoms with Crippen molar-refractivity contribution in [2.24, 2.45) is 0 Å². The highest BCUT2D eigenvalue weighted by molar-refractivity contribution is 6.06. The number of amides is 1. The Morgan fingerprint density at radius 3 is 2.51 bits per heavy atom. The van der Waals surface area contributed by atoms with E-state index in [1.807, 2.05) is 79.9 Å². The molecule has 0 spiro atoms. The third-order valence-electron chi connectivity index (χ3n) is 6.36. The molecule has 1 atom stereocenters. The maximum absolute atomic E-state index is 13.5. The van der Waals surface area contributed by atoms with Gasteiger partial charge in [-0.05, 0) is 36.8 Å². The molecule has 2 heterocycles. The van der Waals surface area contributed by atoms with E-state index in [4.69, 9.17) is 9.47 Å². The van der Waals surface area contributed by atoms with Crippen LogP contribution in [0.5, 0.6) is 11.5 Å². The number of carbonyl (C=O) groups is 1.